The Labute approximate surface area is 215 Å². The molecule has 3 atom stereocenters. The van der Waals surface area contributed by atoms with Gasteiger partial charge in [-0.05, 0) is 38.3 Å². The number of phenolic OH excluding ortho intramolecular Hbond substituents is 1. The Morgan fingerprint density at radius 2 is 1.76 bits per heavy atom. The number of phenols is 1. The lowest BCUT2D eigenvalue weighted by atomic mass is 10.0. The molecule has 0 heterocycles. The lowest BCUT2D eigenvalue weighted by Crippen LogP contribution is -2.57. The molecule has 4 amide bonds. The molecule has 0 spiro atoms. The predicted molar refractivity (Wildman–Crippen MR) is 134 cm³/mol. The number of aromatic hydroxyl groups is 1. The summed E-state index contributed by atoms with van der Waals surface area (Å²) in [6.45, 7) is 5.96. The molecule has 0 aromatic heterocycles. The van der Waals surface area contributed by atoms with Gasteiger partial charge in [0, 0.05) is 29.7 Å². The highest BCUT2D eigenvalue weighted by molar-refractivity contribution is 5.99. The van der Waals surface area contributed by atoms with Crippen LogP contribution in [-0.4, -0.2) is 71.2 Å². The maximum absolute atomic E-state index is 13.0. The van der Waals surface area contributed by atoms with Crippen LogP contribution in [-0.2, 0) is 23.9 Å². The highest BCUT2D eigenvalue weighted by Crippen LogP contribution is 2.19. The van der Waals surface area contributed by atoms with Crippen molar-refractivity contribution in [1.29, 1.82) is 0 Å². The van der Waals surface area contributed by atoms with Crippen molar-refractivity contribution >= 4 is 29.6 Å². The molecule has 0 radical (unpaired) electrons. The number of carbonyl (C=O) groups excluding carboxylic acids is 5. The van der Waals surface area contributed by atoms with Gasteiger partial charge in [-0.3, -0.25) is 19.2 Å². The first-order valence-electron chi connectivity index (χ1n) is 11.8. The van der Waals surface area contributed by atoms with Gasteiger partial charge in [-0.15, -0.1) is 0 Å². The molecule has 0 aliphatic rings. The van der Waals surface area contributed by atoms with Gasteiger partial charge in [0.15, 0.2) is 0 Å². The van der Waals surface area contributed by atoms with E-state index in [9.17, 15) is 34.2 Å². The number of aliphatic hydroxyl groups is 1. The number of carbonyl (C=O) groups is 5. The predicted octanol–water partition coefficient (Wildman–Crippen LogP) is -0.198. The minimum absolute atomic E-state index is 0.0665. The Hall–Kier alpha value is -3.93. The molecular weight excluding hydrogens is 484 g/mol. The summed E-state index contributed by atoms with van der Waals surface area (Å²) in [6, 6.07) is 1.16. The molecule has 37 heavy (non-hydrogen) atoms. The summed E-state index contributed by atoms with van der Waals surface area (Å²) in [5.41, 5.74) is 5.70. The van der Waals surface area contributed by atoms with Crippen molar-refractivity contribution in [3.63, 3.8) is 0 Å². The minimum atomic E-state index is -1.39. The van der Waals surface area contributed by atoms with Crippen LogP contribution in [0.4, 0.5) is 0 Å². The third-order valence-corrected chi connectivity index (χ3v) is 5.38. The van der Waals surface area contributed by atoms with Crippen LogP contribution >= 0.6 is 0 Å². The van der Waals surface area contributed by atoms with Crippen LogP contribution < -0.4 is 21.7 Å². The SMILES string of the molecule is CCOC(=O)/C=C/[C@H](CCC(N)=O)NC(=O)[C@H](CO)NC(=O)[C@@H](NC(=O)c1cccc(O)c1C)C(C)C. The van der Waals surface area contributed by atoms with Crippen molar-refractivity contribution in [2.24, 2.45) is 11.7 Å². The van der Waals surface area contributed by atoms with Crippen LogP contribution in [0.15, 0.2) is 30.4 Å². The molecule has 1 aromatic carbocycles. The zero-order valence-corrected chi connectivity index (χ0v) is 21.4. The fourth-order valence-electron chi connectivity index (χ4n) is 3.26. The third kappa shape index (κ3) is 10.3. The van der Waals surface area contributed by atoms with Gasteiger partial charge in [0.25, 0.3) is 5.91 Å². The molecule has 204 valence electrons. The second-order valence-electron chi connectivity index (χ2n) is 8.62. The van der Waals surface area contributed by atoms with E-state index in [1.54, 1.807) is 27.7 Å². The number of rotatable bonds is 14. The van der Waals surface area contributed by atoms with E-state index in [1.807, 2.05) is 0 Å². The van der Waals surface area contributed by atoms with E-state index < -0.39 is 54.3 Å². The molecule has 0 fully saturated rings. The first kappa shape index (κ1) is 31.1. The topological polar surface area (TPSA) is 197 Å². The number of aliphatic hydroxyl groups excluding tert-OH is 1. The second-order valence-corrected chi connectivity index (χ2v) is 8.62. The summed E-state index contributed by atoms with van der Waals surface area (Å²) in [4.78, 5) is 61.3. The molecule has 0 aliphatic heterocycles. The van der Waals surface area contributed by atoms with E-state index >= 15 is 0 Å². The average Bonchev–Trinajstić information content (AvgIpc) is 2.83. The van der Waals surface area contributed by atoms with E-state index in [4.69, 9.17) is 10.5 Å². The molecule has 0 aliphatic carbocycles. The Morgan fingerprint density at radius 1 is 1.08 bits per heavy atom. The lowest BCUT2D eigenvalue weighted by Gasteiger charge is -2.25. The molecule has 12 nitrogen and oxygen atoms in total. The van der Waals surface area contributed by atoms with Crippen LogP contribution in [0.1, 0.15) is 49.5 Å². The fourth-order valence-corrected chi connectivity index (χ4v) is 3.26. The zero-order chi connectivity index (χ0) is 28.1. The number of hydrogen-bond acceptors (Lipinski definition) is 8. The van der Waals surface area contributed by atoms with Crippen molar-refractivity contribution in [2.45, 2.75) is 58.7 Å². The molecule has 0 saturated heterocycles. The van der Waals surface area contributed by atoms with E-state index in [-0.39, 0.29) is 36.7 Å². The van der Waals surface area contributed by atoms with Gasteiger partial charge in [0.1, 0.15) is 17.8 Å². The molecule has 0 saturated carbocycles. The summed E-state index contributed by atoms with van der Waals surface area (Å²) in [6.07, 6.45) is 2.39. The number of nitrogens with one attached hydrogen (secondary N) is 3. The van der Waals surface area contributed by atoms with E-state index in [2.05, 4.69) is 16.0 Å². The van der Waals surface area contributed by atoms with Crippen LogP contribution in [0.2, 0.25) is 0 Å². The fraction of sp³-hybridized carbons (Fsp3) is 0.480. The summed E-state index contributed by atoms with van der Waals surface area (Å²) in [7, 11) is 0. The highest BCUT2D eigenvalue weighted by atomic mass is 16.5. The number of ether oxygens (including phenoxy) is 1. The summed E-state index contributed by atoms with van der Waals surface area (Å²) >= 11 is 0. The van der Waals surface area contributed by atoms with Gasteiger partial charge in [-0.25, -0.2) is 4.79 Å². The number of amides is 4. The second kappa shape index (κ2) is 15.2. The van der Waals surface area contributed by atoms with Crippen molar-refractivity contribution < 1.29 is 38.9 Å². The number of primary amides is 1. The zero-order valence-electron chi connectivity index (χ0n) is 21.4. The molecule has 0 bridgehead atoms. The van der Waals surface area contributed by atoms with Crippen molar-refractivity contribution in [3.05, 3.63) is 41.5 Å². The van der Waals surface area contributed by atoms with Gasteiger partial charge in [0.05, 0.1) is 13.2 Å². The Morgan fingerprint density at radius 3 is 2.32 bits per heavy atom. The van der Waals surface area contributed by atoms with Crippen LogP contribution in [0.25, 0.3) is 0 Å². The van der Waals surface area contributed by atoms with Crippen LogP contribution in [0.5, 0.6) is 5.75 Å². The minimum Gasteiger partial charge on any atom is -0.508 e. The van der Waals surface area contributed by atoms with Crippen molar-refractivity contribution in [1.82, 2.24) is 16.0 Å². The average molecular weight is 521 g/mol. The number of benzene rings is 1. The smallest absolute Gasteiger partial charge is 0.330 e. The quantitative estimate of drug-likeness (QED) is 0.143. The van der Waals surface area contributed by atoms with Gasteiger partial charge in [-0.1, -0.05) is 26.0 Å². The third-order valence-electron chi connectivity index (χ3n) is 5.38. The summed E-state index contributed by atoms with van der Waals surface area (Å²) < 4.78 is 4.79. The van der Waals surface area contributed by atoms with Gasteiger partial charge >= 0.3 is 5.97 Å². The normalized spacial score (nSPS) is 13.5. The van der Waals surface area contributed by atoms with Gasteiger partial charge in [-0.2, -0.15) is 0 Å². The Kier molecular flexibility index (Phi) is 12.8. The van der Waals surface area contributed by atoms with E-state index in [0.717, 1.165) is 6.08 Å². The molecule has 1 aromatic rings. The molecule has 12 heteroatoms. The van der Waals surface area contributed by atoms with E-state index in [1.165, 1.54) is 24.3 Å². The van der Waals surface area contributed by atoms with Crippen molar-refractivity contribution in [3.8, 4) is 5.75 Å². The number of esters is 1. The lowest BCUT2D eigenvalue weighted by molar-refractivity contribution is -0.137. The summed E-state index contributed by atoms with van der Waals surface area (Å²) in [5.74, 6) is -3.82. The Bertz CT molecular complexity index is 1010. The maximum atomic E-state index is 13.0. The van der Waals surface area contributed by atoms with E-state index in [0.29, 0.717) is 5.56 Å². The standard InChI is InChI=1S/C25H36N4O8/c1-5-37-21(33)12-10-16(9-11-20(26)32)27-24(35)18(13-30)28-25(36)22(14(2)3)29-23(34)17-7-6-8-19(31)15(17)4/h6-8,10,12,14,16,18,22,30-31H,5,9,11,13H2,1-4H3,(H2,26,32)(H,27,35)(H,28,36)(H,29,34)/b12-10+/t16-,18-,22-/m0/s1. The van der Waals surface area contributed by atoms with Gasteiger partial charge in [0.2, 0.25) is 17.7 Å². The molecular formula is C25H36N4O8. The highest BCUT2D eigenvalue weighted by Gasteiger charge is 2.30. The Balaban J connectivity index is 2.96. The number of hydrogen-bond donors (Lipinski definition) is 6. The van der Waals surface area contributed by atoms with Crippen LogP contribution in [0, 0.1) is 12.8 Å². The molecule has 7 N–H and O–H groups in total. The monoisotopic (exact) mass is 520 g/mol. The number of nitrogens with two attached hydrogens (primary N) is 1. The van der Waals surface area contributed by atoms with Crippen molar-refractivity contribution in [2.75, 3.05) is 13.2 Å². The van der Waals surface area contributed by atoms with Gasteiger partial charge < -0.3 is 36.6 Å². The maximum Gasteiger partial charge on any atom is 0.330 e. The largest absolute Gasteiger partial charge is 0.508 e. The molecule has 1 rings (SSSR count). The molecule has 0 unspecified atom stereocenters. The first-order valence-corrected chi connectivity index (χ1v) is 11.8. The summed E-state index contributed by atoms with van der Waals surface area (Å²) in [5, 5.41) is 27.2. The van der Waals surface area contributed by atoms with Crippen LogP contribution in [0.3, 0.4) is 0 Å². The first-order chi connectivity index (χ1) is 17.4.